The van der Waals surface area contributed by atoms with Crippen LogP contribution in [-0.4, -0.2) is 30.6 Å². The van der Waals surface area contributed by atoms with Crippen molar-refractivity contribution in [3.8, 4) is 0 Å². The van der Waals surface area contributed by atoms with Crippen molar-refractivity contribution in [1.82, 2.24) is 10.2 Å². The molecule has 1 aromatic heterocycles. The summed E-state index contributed by atoms with van der Waals surface area (Å²) in [7, 11) is 2.22. The summed E-state index contributed by atoms with van der Waals surface area (Å²) in [6.07, 6.45) is 1.20. The van der Waals surface area contributed by atoms with E-state index in [9.17, 15) is 0 Å². The van der Waals surface area contributed by atoms with Crippen molar-refractivity contribution >= 4 is 11.0 Å². The van der Waals surface area contributed by atoms with Crippen LogP contribution in [0.4, 0.5) is 0 Å². The van der Waals surface area contributed by atoms with Crippen molar-refractivity contribution in [2.45, 2.75) is 45.3 Å². The number of nitrogens with zero attached hydrogens (tertiary/aromatic N) is 1. The number of piperidine rings is 1. The first-order valence-corrected chi connectivity index (χ1v) is 7.99. The maximum atomic E-state index is 5.98. The Hall–Kier alpha value is -1.32. The number of nitrogens with one attached hydrogen (secondary N) is 1. The molecule has 3 rings (SSSR count). The van der Waals surface area contributed by atoms with Gasteiger partial charge in [-0.3, -0.25) is 0 Å². The Morgan fingerprint density at radius 1 is 1.29 bits per heavy atom. The van der Waals surface area contributed by atoms with Crippen LogP contribution in [0.25, 0.3) is 11.0 Å². The molecule has 3 heteroatoms. The SMILES string of the molecule is CC(NC1CC(C)N(C)CC1C)c1cc2ccccc2o1. The highest BCUT2D eigenvalue weighted by atomic mass is 16.3. The summed E-state index contributed by atoms with van der Waals surface area (Å²) < 4.78 is 5.98. The molecule has 0 amide bonds. The standard InChI is InChI=1S/C18H26N2O/c1-12-11-20(4)13(2)9-16(12)19-14(3)18-10-15-7-5-6-8-17(15)21-18/h5-8,10,12-14,16,19H,9,11H2,1-4H3. The van der Waals surface area contributed by atoms with Crippen molar-refractivity contribution in [3.05, 3.63) is 36.1 Å². The monoisotopic (exact) mass is 286 g/mol. The van der Waals surface area contributed by atoms with Gasteiger partial charge in [0.15, 0.2) is 0 Å². The fourth-order valence-corrected chi connectivity index (χ4v) is 3.39. The third-order valence-electron chi connectivity index (χ3n) is 4.95. The minimum atomic E-state index is 0.250. The van der Waals surface area contributed by atoms with Crippen LogP contribution >= 0.6 is 0 Å². The van der Waals surface area contributed by atoms with Gasteiger partial charge in [-0.2, -0.15) is 0 Å². The molecule has 2 aromatic rings. The molecule has 1 aliphatic heterocycles. The van der Waals surface area contributed by atoms with Gasteiger partial charge in [0.2, 0.25) is 0 Å². The molecule has 2 heterocycles. The molecule has 3 nitrogen and oxygen atoms in total. The molecule has 1 aromatic carbocycles. The summed E-state index contributed by atoms with van der Waals surface area (Å²) in [4.78, 5) is 2.45. The summed E-state index contributed by atoms with van der Waals surface area (Å²) in [5.41, 5.74) is 0.978. The van der Waals surface area contributed by atoms with E-state index in [2.05, 4.69) is 56.2 Å². The lowest BCUT2D eigenvalue weighted by atomic mass is 9.89. The average Bonchev–Trinajstić information content (AvgIpc) is 2.88. The molecule has 1 saturated heterocycles. The number of benzene rings is 1. The van der Waals surface area contributed by atoms with Gasteiger partial charge >= 0.3 is 0 Å². The Morgan fingerprint density at radius 3 is 2.81 bits per heavy atom. The van der Waals surface area contributed by atoms with Gasteiger partial charge in [0.25, 0.3) is 0 Å². The summed E-state index contributed by atoms with van der Waals surface area (Å²) in [6, 6.07) is 11.8. The first-order valence-electron chi connectivity index (χ1n) is 7.99. The van der Waals surface area contributed by atoms with E-state index in [1.165, 1.54) is 11.8 Å². The number of rotatable bonds is 3. The fraction of sp³-hybridized carbons (Fsp3) is 0.556. The predicted molar refractivity (Wildman–Crippen MR) is 87.4 cm³/mol. The fourth-order valence-electron chi connectivity index (χ4n) is 3.39. The van der Waals surface area contributed by atoms with Gasteiger partial charge < -0.3 is 14.6 Å². The normalized spacial score (nSPS) is 28.9. The van der Waals surface area contributed by atoms with Crippen molar-refractivity contribution in [1.29, 1.82) is 0 Å². The number of para-hydroxylation sites is 1. The van der Waals surface area contributed by atoms with Crippen LogP contribution in [0.5, 0.6) is 0 Å². The highest BCUT2D eigenvalue weighted by Gasteiger charge is 2.30. The third kappa shape index (κ3) is 2.99. The second-order valence-corrected chi connectivity index (χ2v) is 6.68. The third-order valence-corrected chi connectivity index (χ3v) is 4.95. The van der Waals surface area contributed by atoms with Crippen LogP contribution in [0.2, 0.25) is 0 Å². The maximum absolute atomic E-state index is 5.98. The molecular weight excluding hydrogens is 260 g/mol. The first-order chi connectivity index (χ1) is 10.0. The van der Waals surface area contributed by atoms with Crippen LogP contribution in [0.15, 0.2) is 34.7 Å². The van der Waals surface area contributed by atoms with Crippen LogP contribution in [-0.2, 0) is 0 Å². The number of hydrogen-bond acceptors (Lipinski definition) is 3. The van der Waals surface area contributed by atoms with Gasteiger partial charge in [0, 0.05) is 24.0 Å². The van der Waals surface area contributed by atoms with Crippen molar-refractivity contribution < 1.29 is 4.42 Å². The lowest BCUT2D eigenvalue weighted by Gasteiger charge is -2.41. The Kier molecular flexibility index (Phi) is 4.05. The molecule has 114 valence electrons. The minimum absolute atomic E-state index is 0.250. The Bertz CT molecular complexity index is 573. The summed E-state index contributed by atoms with van der Waals surface area (Å²) in [5.74, 6) is 1.70. The van der Waals surface area contributed by atoms with Gasteiger partial charge in [-0.15, -0.1) is 0 Å². The molecule has 1 aliphatic rings. The first kappa shape index (κ1) is 14.6. The summed E-state index contributed by atoms with van der Waals surface area (Å²) >= 11 is 0. The molecule has 0 bridgehead atoms. The predicted octanol–water partition coefficient (Wildman–Crippen LogP) is 3.81. The van der Waals surface area contributed by atoms with E-state index >= 15 is 0 Å². The molecule has 4 atom stereocenters. The van der Waals surface area contributed by atoms with Crippen molar-refractivity contribution in [2.75, 3.05) is 13.6 Å². The molecule has 0 spiro atoms. The topological polar surface area (TPSA) is 28.4 Å². The number of hydrogen-bond donors (Lipinski definition) is 1. The zero-order valence-electron chi connectivity index (χ0n) is 13.5. The van der Waals surface area contributed by atoms with E-state index in [1.807, 2.05) is 12.1 Å². The van der Waals surface area contributed by atoms with E-state index in [4.69, 9.17) is 4.42 Å². The zero-order chi connectivity index (χ0) is 15.0. The molecule has 0 aliphatic carbocycles. The number of furan rings is 1. The van der Waals surface area contributed by atoms with Crippen LogP contribution in [0, 0.1) is 5.92 Å². The zero-order valence-corrected chi connectivity index (χ0v) is 13.5. The van der Waals surface area contributed by atoms with Crippen LogP contribution in [0.3, 0.4) is 0 Å². The van der Waals surface area contributed by atoms with E-state index in [0.717, 1.165) is 17.9 Å². The molecule has 0 saturated carbocycles. The molecule has 21 heavy (non-hydrogen) atoms. The number of likely N-dealkylation sites (tertiary alicyclic amines) is 1. The van der Waals surface area contributed by atoms with E-state index in [1.54, 1.807) is 0 Å². The Balaban J connectivity index is 1.72. The molecule has 0 radical (unpaired) electrons. The largest absolute Gasteiger partial charge is 0.459 e. The lowest BCUT2D eigenvalue weighted by molar-refractivity contribution is 0.115. The molecule has 1 N–H and O–H groups in total. The van der Waals surface area contributed by atoms with E-state index < -0.39 is 0 Å². The van der Waals surface area contributed by atoms with E-state index in [0.29, 0.717) is 18.0 Å². The Labute approximate surface area is 127 Å². The minimum Gasteiger partial charge on any atom is -0.459 e. The van der Waals surface area contributed by atoms with Gasteiger partial charge in [-0.25, -0.2) is 0 Å². The molecule has 1 fully saturated rings. The van der Waals surface area contributed by atoms with Crippen LogP contribution in [0.1, 0.15) is 39.0 Å². The second kappa shape index (κ2) is 5.82. The van der Waals surface area contributed by atoms with Gasteiger partial charge in [-0.1, -0.05) is 25.1 Å². The summed E-state index contributed by atoms with van der Waals surface area (Å²) in [6.45, 7) is 8.01. The molecule has 4 unspecified atom stereocenters. The maximum Gasteiger partial charge on any atom is 0.134 e. The Morgan fingerprint density at radius 2 is 2.05 bits per heavy atom. The lowest BCUT2D eigenvalue weighted by Crippen LogP contribution is -2.51. The quantitative estimate of drug-likeness (QED) is 0.930. The van der Waals surface area contributed by atoms with E-state index in [-0.39, 0.29) is 6.04 Å². The van der Waals surface area contributed by atoms with Crippen LogP contribution < -0.4 is 5.32 Å². The second-order valence-electron chi connectivity index (χ2n) is 6.68. The van der Waals surface area contributed by atoms with Gasteiger partial charge in [0.1, 0.15) is 11.3 Å². The number of fused-ring (bicyclic) bond motifs is 1. The van der Waals surface area contributed by atoms with Gasteiger partial charge in [0.05, 0.1) is 6.04 Å². The molecular formula is C18H26N2O. The van der Waals surface area contributed by atoms with Crippen molar-refractivity contribution in [3.63, 3.8) is 0 Å². The average molecular weight is 286 g/mol. The highest BCUT2D eigenvalue weighted by Crippen LogP contribution is 2.27. The van der Waals surface area contributed by atoms with Gasteiger partial charge in [-0.05, 0) is 45.4 Å². The van der Waals surface area contributed by atoms with Crippen molar-refractivity contribution in [2.24, 2.45) is 5.92 Å². The highest BCUT2D eigenvalue weighted by molar-refractivity contribution is 5.77. The smallest absolute Gasteiger partial charge is 0.134 e. The summed E-state index contributed by atoms with van der Waals surface area (Å²) in [5, 5.41) is 4.96.